The van der Waals surface area contributed by atoms with Gasteiger partial charge in [0.15, 0.2) is 0 Å². The number of anilines is 1. The molecule has 1 aromatic carbocycles. The van der Waals surface area contributed by atoms with Crippen LogP contribution in [-0.2, 0) is 6.61 Å². The number of nitrogen functional groups attached to an aromatic ring is 1. The summed E-state index contributed by atoms with van der Waals surface area (Å²) in [6, 6.07) is 7.41. The van der Waals surface area contributed by atoms with Crippen molar-refractivity contribution in [2.24, 2.45) is 0 Å². The Morgan fingerprint density at radius 2 is 2.06 bits per heavy atom. The number of nitrogens with zero attached hydrogens (tertiary/aromatic N) is 1. The lowest BCUT2D eigenvalue weighted by Crippen LogP contribution is -2.00. The maximum atomic E-state index is 5.77. The van der Waals surface area contributed by atoms with Crippen LogP contribution in [0.15, 0.2) is 28.8 Å². The largest absolute Gasteiger partial charge is 0.487 e. The van der Waals surface area contributed by atoms with Crippen molar-refractivity contribution in [3.8, 4) is 5.75 Å². The highest BCUT2D eigenvalue weighted by atomic mass is 16.5. The average Bonchev–Trinajstić information content (AvgIpc) is 2.58. The molecule has 16 heavy (non-hydrogen) atoms. The van der Waals surface area contributed by atoms with Gasteiger partial charge in [0.1, 0.15) is 18.1 Å². The van der Waals surface area contributed by atoms with Crippen molar-refractivity contribution in [2.45, 2.75) is 20.5 Å². The summed E-state index contributed by atoms with van der Waals surface area (Å²) in [5.74, 6) is 1.47. The molecule has 0 aliphatic rings. The molecule has 4 nitrogen and oxygen atoms in total. The summed E-state index contributed by atoms with van der Waals surface area (Å²) < 4.78 is 10.7. The minimum absolute atomic E-state index is 0.426. The van der Waals surface area contributed by atoms with Gasteiger partial charge in [0, 0.05) is 0 Å². The summed E-state index contributed by atoms with van der Waals surface area (Å²) in [7, 11) is 0. The number of aryl methyl sites for hydroxylation is 2. The summed E-state index contributed by atoms with van der Waals surface area (Å²) in [5, 5.41) is 3.86. The van der Waals surface area contributed by atoms with Gasteiger partial charge in [0.2, 0.25) is 0 Å². The van der Waals surface area contributed by atoms with Crippen LogP contribution in [0, 0.1) is 13.8 Å². The molecule has 0 aliphatic heterocycles. The first-order valence-electron chi connectivity index (χ1n) is 5.07. The quantitative estimate of drug-likeness (QED) is 0.804. The summed E-state index contributed by atoms with van der Waals surface area (Å²) in [4.78, 5) is 0. The molecule has 0 unspecified atom stereocenters. The van der Waals surface area contributed by atoms with E-state index in [9.17, 15) is 0 Å². The van der Waals surface area contributed by atoms with Gasteiger partial charge in [-0.15, -0.1) is 0 Å². The molecule has 0 atom stereocenters. The highest BCUT2D eigenvalue weighted by molar-refractivity contribution is 5.51. The number of aromatic nitrogens is 1. The Hall–Kier alpha value is -1.97. The molecule has 4 heteroatoms. The van der Waals surface area contributed by atoms with Gasteiger partial charge in [0.25, 0.3) is 0 Å². The van der Waals surface area contributed by atoms with Gasteiger partial charge in [-0.1, -0.05) is 17.3 Å². The number of ether oxygens (including phenoxy) is 1. The molecule has 0 fully saturated rings. The van der Waals surface area contributed by atoms with Crippen LogP contribution in [0.2, 0.25) is 0 Å². The molecule has 1 aromatic heterocycles. The molecule has 1 heterocycles. The van der Waals surface area contributed by atoms with Crippen LogP contribution in [0.25, 0.3) is 0 Å². The lowest BCUT2D eigenvalue weighted by Gasteiger charge is -2.07. The van der Waals surface area contributed by atoms with Gasteiger partial charge in [0.05, 0.1) is 16.9 Å². The van der Waals surface area contributed by atoms with E-state index in [1.165, 1.54) is 0 Å². The number of nitrogens with two attached hydrogens (primary N) is 1. The van der Waals surface area contributed by atoms with Gasteiger partial charge < -0.3 is 15.0 Å². The molecule has 0 amide bonds. The van der Waals surface area contributed by atoms with E-state index >= 15 is 0 Å². The normalized spacial score (nSPS) is 10.4. The first-order valence-corrected chi connectivity index (χ1v) is 5.07. The van der Waals surface area contributed by atoms with E-state index in [0.717, 1.165) is 17.0 Å². The van der Waals surface area contributed by atoms with E-state index in [1.54, 1.807) is 0 Å². The summed E-state index contributed by atoms with van der Waals surface area (Å²) in [6.45, 7) is 4.19. The highest BCUT2D eigenvalue weighted by Gasteiger charge is 2.09. The van der Waals surface area contributed by atoms with Gasteiger partial charge in [-0.3, -0.25) is 0 Å². The number of rotatable bonds is 3. The van der Waals surface area contributed by atoms with E-state index in [1.807, 2.05) is 38.1 Å². The van der Waals surface area contributed by atoms with E-state index in [-0.39, 0.29) is 0 Å². The smallest absolute Gasteiger partial charge is 0.142 e. The Morgan fingerprint density at radius 1 is 1.31 bits per heavy atom. The van der Waals surface area contributed by atoms with Crippen molar-refractivity contribution >= 4 is 5.69 Å². The third-order valence-corrected chi connectivity index (χ3v) is 2.47. The SMILES string of the molecule is Cc1noc(C)c1COc1ccccc1N. The Labute approximate surface area is 94.0 Å². The minimum atomic E-state index is 0.426. The number of hydrogen-bond acceptors (Lipinski definition) is 4. The van der Waals surface area contributed by atoms with Crippen molar-refractivity contribution in [3.05, 3.63) is 41.3 Å². The summed E-state index contributed by atoms with van der Waals surface area (Å²) in [6.07, 6.45) is 0. The van der Waals surface area contributed by atoms with Crippen LogP contribution in [0.5, 0.6) is 5.75 Å². The molecule has 2 N–H and O–H groups in total. The fourth-order valence-corrected chi connectivity index (χ4v) is 1.47. The lowest BCUT2D eigenvalue weighted by atomic mass is 10.2. The fourth-order valence-electron chi connectivity index (χ4n) is 1.47. The molecular formula is C12H14N2O2. The monoisotopic (exact) mass is 218 g/mol. The Morgan fingerprint density at radius 3 is 2.69 bits per heavy atom. The molecule has 2 rings (SSSR count). The van der Waals surface area contributed by atoms with Gasteiger partial charge >= 0.3 is 0 Å². The van der Waals surface area contributed by atoms with Crippen LogP contribution in [0.1, 0.15) is 17.0 Å². The zero-order chi connectivity index (χ0) is 11.5. The molecule has 0 saturated carbocycles. The molecule has 0 aliphatic carbocycles. The molecule has 2 aromatic rings. The first-order chi connectivity index (χ1) is 7.68. The van der Waals surface area contributed by atoms with Crippen molar-refractivity contribution < 1.29 is 9.26 Å². The summed E-state index contributed by atoms with van der Waals surface area (Å²) >= 11 is 0. The number of benzene rings is 1. The van der Waals surface area contributed by atoms with Gasteiger partial charge in [-0.05, 0) is 26.0 Å². The molecular weight excluding hydrogens is 204 g/mol. The van der Waals surface area contributed by atoms with Crippen molar-refractivity contribution in [3.63, 3.8) is 0 Å². The van der Waals surface area contributed by atoms with E-state index in [4.69, 9.17) is 15.0 Å². The molecule has 0 saturated heterocycles. The van der Waals surface area contributed by atoms with E-state index in [2.05, 4.69) is 5.16 Å². The fraction of sp³-hybridized carbons (Fsp3) is 0.250. The third kappa shape index (κ3) is 2.00. The second-order valence-corrected chi connectivity index (χ2v) is 3.63. The third-order valence-electron chi connectivity index (χ3n) is 2.47. The molecule has 0 radical (unpaired) electrons. The van der Waals surface area contributed by atoms with Crippen molar-refractivity contribution in [1.29, 1.82) is 0 Å². The van der Waals surface area contributed by atoms with Crippen LogP contribution < -0.4 is 10.5 Å². The van der Waals surface area contributed by atoms with E-state index < -0.39 is 0 Å². The molecule has 0 spiro atoms. The Bertz CT molecular complexity index is 472. The second-order valence-electron chi connectivity index (χ2n) is 3.63. The highest BCUT2D eigenvalue weighted by Crippen LogP contribution is 2.22. The number of hydrogen-bond donors (Lipinski definition) is 1. The second kappa shape index (κ2) is 4.26. The predicted octanol–water partition coefficient (Wildman–Crippen LogP) is 2.45. The topological polar surface area (TPSA) is 61.3 Å². The Kier molecular flexibility index (Phi) is 2.81. The van der Waals surface area contributed by atoms with Crippen LogP contribution in [0.4, 0.5) is 5.69 Å². The lowest BCUT2D eigenvalue weighted by molar-refractivity contribution is 0.303. The standard InChI is InChI=1S/C12H14N2O2/c1-8-10(9(2)16-14-8)7-15-12-6-4-3-5-11(12)13/h3-6H,7,13H2,1-2H3. The minimum Gasteiger partial charge on any atom is -0.487 e. The van der Waals surface area contributed by atoms with Crippen LogP contribution in [0.3, 0.4) is 0 Å². The number of para-hydroxylation sites is 2. The zero-order valence-corrected chi connectivity index (χ0v) is 9.36. The maximum absolute atomic E-state index is 5.77. The van der Waals surface area contributed by atoms with Gasteiger partial charge in [-0.2, -0.15) is 0 Å². The van der Waals surface area contributed by atoms with E-state index in [0.29, 0.717) is 18.0 Å². The molecule has 0 bridgehead atoms. The first kappa shape index (κ1) is 10.5. The Balaban J connectivity index is 2.11. The van der Waals surface area contributed by atoms with Crippen molar-refractivity contribution in [2.75, 3.05) is 5.73 Å². The predicted molar refractivity (Wildman–Crippen MR) is 61.2 cm³/mol. The maximum Gasteiger partial charge on any atom is 0.142 e. The molecule has 84 valence electrons. The average molecular weight is 218 g/mol. The van der Waals surface area contributed by atoms with Crippen LogP contribution >= 0.6 is 0 Å². The zero-order valence-electron chi connectivity index (χ0n) is 9.36. The van der Waals surface area contributed by atoms with Crippen molar-refractivity contribution in [1.82, 2.24) is 5.16 Å². The summed E-state index contributed by atoms with van der Waals surface area (Å²) in [5.41, 5.74) is 8.23. The van der Waals surface area contributed by atoms with Crippen LogP contribution in [-0.4, -0.2) is 5.16 Å². The van der Waals surface area contributed by atoms with Gasteiger partial charge in [-0.25, -0.2) is 0 Å².